The molecule has 0 radical (unpaired) electrons. The molecule has 2 fully saturated rings. The lowest BCUT2D eigenvalue weighted by Crippen LogP contribution is -2.42. The van der Waals surface area contributed by atoms with Crippen LogP contribution in [0.5, 0.6) is 5.75 Å². The van der Waals surface area contributed by atoms with Gasteiger partial charge in [-0.1, -0.05) is 35.2 Å². The third-order valence-corrected chi connectivity index (χ3v) is 8.58. The van der Waals surface area contributed by atoms with Crippen molar-refractivity contribution in [3.05, 3.63) is 44.4 Å². The molecule has 5 rings (SSSR count). The van der Waals surface area contributed by atoms with Gasteiger partial charge in [0.2, 0.25) is 11.8 Å². The summed E-state index contributed by atoms with van der Waals surface area (Å²) in [7, 11) is 0. The van der Waals surface area contributed by atoms with Crippen molar-refractivity contribution in [1.29, 1.82) is 0 Å². The third-order valence-electron chi connectivity index (χ3n) is 6.17. The predicted molar refractivity (Wildman–Crippen MR) is 124 cm³/mol. The van der Waals surface area contributed by atoms with Gasteiger partial charge >= 0.3 is 10.8 Å². The fourth-order valence-corrected chi connectivity index (χ4v) is 7.08. The minimum absolute atomic E-state index is 0.120. The van der Waals surface area contributed by atoms with E-state index in [-0.39, 0.29) is 17.4 Å². The van der Waals surface area contributed by atoms with Crippen LogP contribution in [0.4, 0.5) is 0 Å². The van der Waals surface area contributed by atoms with E-state index in [0.29, 0.717) is 47.5 Å². The summed E-state index contributed by atoms with van der Waals surface area (Å²) in [6.07, 6.45) is 0. The van der Waals surface area contributed by atoms with E-state index in [0.717, 1.165) is 28.0 Å². The molecule has 3 amide bonds. The molecule has 3 aliphatic rings. The fourth-order valence-electron chi connectivity index (χ4n) is 4.54. The largest absolute Gasteiger partial charge is 0.484 e. The predicted octanol–water partition coefficient (Wildman–Crippen LogP) is 0.350. The molecule has 184 valence electrons. The van der Waals surface area contributed by atoms with Crippen molar-refractivity contribution in [3.63, 3.8) is 0 Å². The Morgan fingerprint density at radius 2 is 1.83 bits per heavy atom. The molecule has 2 saturated heterocycles. The number of aromatic nitrogens is 1. The zero-order chi connectivity index (χ0) is 24.7. The number of nitrogens with zero attached hydrogens (tertiary/aromatic N) is 2. The highest BCUT2D eigenvalue weighted by Gasteiger charge is 2.56. The number of aliphatic carboxylic acids is 1. The van der Waals surface area contributed by atoms with E-state index in [4.69, 9.17) is 14.6 Å². The van der Waals surface area contributed by atoms with E-state index >= 15 is 0 Å². The van der Waals surface area contributed by atoms with Gasteiger partial charge in [-0.2, -0.15) is 0 Å². The SMILES string of the molecule is O=C(O)CN1C(=O)C2Sc3[nH]c(=O)sc3[C@@H](c3ccc(OCC(=O)N4CCOCC4)cc3)C2C1=O. The van der Waals surface area contributed by atoms with E-state index < -0.39 is 41.4 Å². The van der Waals surface area contributed by atoms with E-state index in [1.165, 1.54) is 0 Å². The number of benzene rings is 1. The van der Waals surface area contributed by atoms with Crippen LogP contribution >= 0.6 is 23.1 Å². The van der Waals surface area contributed by atoms with Crippen LogP contribution in [-0.2, 0) is 23.9 Å². The Kier molecular flexibility index (Phi) is 6.38. The molecule has 3 atom stereocenters. The molecule has 4 heterocycles. The topological polar surface area (TPSA) is 146 Å². The molecule has 0 saturated carbocycles. The van der Waals surface area contributed by atoms with Gasteiger partial charge in [0.25, 0.3) is 5.91 Å². The molecule has 1 aromatic carbocycles. The highest BCUT2D eigenvalue weighted by atomic mass is 32.2. The molecule has 35 heavy (non-hydrogen) atoms. The van der Waals surface area contributed by atoms with Gasteiger partial charge in [0.15, 0.2) is 6.61 Å². The van der Waals surface area contributed by atoms with Crippen molar-refractivity contribution in [2.75, 3.05) is 39.5 Å². The van der Waals surface area contributed by atoms with Gasteiger partial charge in [-0.3, -0.25) is 28.9 Å². The van der Waals surface area contributed by atoms with Gasteiger partial charge in [-0.25, -0.2) is 0 Å². The smallest absolute Gasteiger partial charge is 0.323 e. The van der Waals surface area contributed by atoms with Gasteiger partial charge in [-0.15, -0.1) is 0 Å². The number of ether oxygens (including phenoxy) is 2. The minimum Gasteiger partial charge on any atom is -0.484 e. The molecule has 3 aliphatic heterocycles. The minimum atomic E-state index is -1.27. The molecular formula is C22H21N3O8S2. The summed E-state index contributed by atoms with van der Waals surface area (Å²) in [4.78, 5) is 67.2. The number of likely N-dealkylation sites (tertiary alicyclic amines) is 1. The zero-order valence-corrected chi connectivity index (χ0v) is 19.9. The average Bonchev–Trinajstić information content (AvgIpc) is 3.33. The maximum atomic E-state index is 13.1. The number of nitrogens with one attached hydrogen (secondary N) is 1. The molecule has 13 heteroatoms. The number of carboxylic acid groups (broad SMARTS) is 1. The van der Waals surface area contributed by atoms with Crippen molar-refractivity contribution in [2.24, 2.45) is 5.92 Å². The van der Waals surface area contributed by atoms with Crippen LogP contribution in [0.25, 0.3) is 0 Å². The summed E-state index contributed by atoms with van der Waals surface area (Å²) in [5.41, 5.74) is 0.682. The summed E-state index contributed by atoms with van der Waals surface area (Å²) in [6, 6.07) is 6.81. The summed E-state index contributed by atoms with van der Waals surface area (Å²) in [6.45, 7) is 1.23. The number of aromatic amines is 1. The number of morpholine rings is 1. The summed E-state index contributed by atoms with van der Waals surface area (Å²) in [5, 5.41) is 8.84. The number of carboxylic acids is 1. The molecular weight excluding hydrogens is 498 g/mol. The quantitative estimate of drug-likeness (QED) is 0.516. The maximum Gasteiger partial charge on any atom is 0.323 e. The number of hydrogen-bond acceptors (Lipinski definition) is 9. The number of imide groups is 1. The van der Waals surface area contributed by atoms with E-state index in [1.54, 1.807) is 29.2 Å². The van der Waals surface area contributed by atoms with Gasteiger partial charge in [-0.05, 0) is 17.7 Å². The number of rotatable bonds is 6. The van der Waals surface area contributed by atoms with Crippen molar-refractivity contribution in [3.8, 4) is 5.75 Å². The van der Waals surface area contributed by atoms with Crippen LogP contribution < -0.4 is 9.61 Å². The second-order valence-electron chi connectivity index (χ2n) is 8.26. The number of carbonyl (C=O) groups is 4. The van der Waals surface area contributed by atoms with E-state index in [2.05, 4.69) is 4.98 Å². The first kappa shape index (κ1) is 23.6. The number of carbonyl (C=O) groups excluding carboxylic acids is 3. The van der Waals surface area contributed by atoms with Gasteiger partial charge in [0.1, 0.15) is 17.5 Å². The highest BCUT2D eigenvalue weighted by Crippen LogP contribution is 2.52. The summed E-state index contributed by atoms with van der Waals surface area (Å²) >= 11 is 2.06. The van der Waals surface area contributed by atoms with Crippen LogP contribution in [0.3, 0.4) is 0 Å². The lowest BCUT2D eigenvalue weighted by atomic mass is 9.83. The summed E-state index contributed by atoms with van der Waals surface area (Å²) in [5.74, 6) is -3.52. The standard InChI is InChI=1S/C22H21N3O8S2/c26-13(24-5-7-32-8-6-24)10-33-12-3-1-11(2-4-12)15-16-18(34-19-17(15)35-22(31)23-19)21(30)25(20(16)29)9-14(27)28/h1-4,15-16,18H,5-10H2,(H,23,31)(H,27,28)/t15-,16?,18?/m0/s1. The Morgan fingerprint density at radius 1 is 1.11 bits per heavy atom. The number of H-pyrrole nitrogens is 1. The van der Waals surface area contributed by atoms with Gasteiger partial charge in [0.05, 0.1) is 24.2 Å². The van der Waals surface area contributed by atoms with Crippen LogP contribution in [0.15, 0.2) is 34.1 Å². The number of thiazole rings is 1. The average molecular weight is 520 g/mol. The molecule has 1 aromatic heterocycles. The van der Waals surface area contributed by atoms with E-state index in [1.807, 2.05) is 0 Å². The Hall–Kier alpha value is -3.16. The molecule has 2 unspecified atom stereocenters. The van der Waals surface area contributed by atoms with Crippen LogP contribution in [0, 0.1) is 5.92 Å². The van der Waals surface area contributed by atoms with E-state index in [9.17, 15) is 24.0 Å². The molecule has 0 spiro atoms. The van der Waals surface area contributed by atoms with Crippen LogP contribution in [-0.4, -0.2) is 88.3 Å². The molecule has 0 aliphatic carbocycles. The lowest BCUT2D eigenvalue weighted by Gasteiger charge is -2.30. The number of hydrogen-bond donors (Lipinski definition) is 2. The lowest BCUT2D eigenvalue weighted by molar-refractivity contribution is -0.149. The summed E-state index contributed by atoms with van der Waals surface area (Å²) < 4.78 is 10.9. The number of fused-ring (bicyclic) bond motifs is 2. The number of amides is 3. The number of thioether (sulfide) groups is 1. The second-order valence-corrected chi connectivity index (χ2v) is 10.4. The normalized spacial score (nSPS) is 23.7. The fraction of sp³-hybridized carbons (Fsp3) is 0.409. The molecule has 11 nitrogen and oxygen atoms in total. The molecule has 2 N–H and O–H groups in total. The van der Waals surface area contributed by atoms with Gasteiger partial charge in [0, 0.05) is 23.9 Å². The second kappa shape index (κ2) is 9.47. The first-order chi connectivity index (χ1) is 16.8. The Bertz CT molecular complexity index is 1230. The van der Waals surface area contributed by atoms with Gasteiger partial charge < -0.3 is 24.5 Å². The zero-order valence-electron chi connectivity index (χ0n) is 18.3. The first-order valence-electron chi connectivity index (χ1n) is 10.9. The molecule has 0 bridgehead atoms. The Morgan fingerprint density at radius 3 is 2.51 bits per heavy atom. The van der Waals surface area contributed by atoms with Crippen molar-refractivity contribution < 1.29 is 33.8 Å². The van der Waals surface area contributed by atoms with Crippen molar-refractivity contribution in [1.82, 2.24) is 14.8 Å². The monoisotopic (exact) mass is 519 g/mol. The van der Waals surface area contributed by atoms with Crippen LogP contribution in [0.2, 0.25) is 0 Å². The Labute approximate surface area is 207 Å². The van der Waals surface area contributed by atoms with Crippen molar-refractivity contribution in [2.45, 2.75) is 16.2 Å². The Balaban J connectivity index is 1.38. The maximum absolute atomic E-state index is 13.1. The molecule has 2 aromatic rings. The van der Waals surface area contributed by atoms with Crippen molar-refractivity contribution >= 4 is 46.8 Å². The third kappa shape index (κ3) is 4.46. The van der Waals surface area contributed by atoms with Crippen LogP contribution in [0.1, 0.15) is 16.4 Å². The highest BCUT2D eigenvalue weighted by molar-refractivity contribution is 8.00. The first-order valence-corrected chi connectivity index (χ1v) is 12.6.